The summed E-state index contributed by atoms with van der Waals surface area (Å²) < 4.78 is 61.8. The quantitative estimate of drug-likeness (QED) is 0.0954. The third-order valence-electron chi connectivity index (χ3n) is 12.2. The van der Waals surface area contributed by atoms with Crippen molar-refractivity contribution >= 4 is 23.7 Å². The molecule has 1 saturated heterocycles. The van der Waals surface area contributed by atoms with Gasteiger partial charge in [0.15, 0.2) is 29.4 Å². The highest BCUT2D eigenvalue weighted by atomic mass is 19.1. The third-order valence-corrected chi connectivity index (χ3v) is 12.2. The molecule has 1 aromatic rings. The Labute approximate surface area is 315 Å². The number of aliphatic hydroxyl groups is 1. The van der Waals surface area contributed by atoms with Crippen molar-refractivity contribution in [2.45, 2.75) is 108 Å². The number of carbonyl (C=O) groups excluding carboxylic acids is 4. The second-order valence-corrected chi connectivity index (χ2v) is 15.9. The molecule has 15 nitrogen and oxygen atoms in total. The minimum Gasteiger partial charge on any atom is -0.465 e. The zero-order valence-electron chi connectivity index (χ0n) is 31.0. The monoisotopic (exact) mass is 776 g/mol. The number of nitrogens with two attached hydrogens (primary N) is 1. The lowest BCUT2D eigenvalue weighted by molar-refractivity contribution is -0.757. The largest absolute Gasteiger partial charge is 0.514 e. The summed E-state index contributed by atoms with van der Waals surface area (Å²) in [5.41, 5.74) is -0.497. The zero-order valence-corrected chi connectivity index (χ0v) is 31.0. The fraction of sp³-hybridized carbons (Fsp3) is 0.632. The van der Waals surface area contributed by atoms with Gasteiger partial charge in [-0.3, -0.25) is 14.4 Å². The Balaban J connectivity index is 1.09. The van der Waals surface area contributed by atoms with Crippen molar-refractivity contribution in [3.8, 4) is 5.75 Å². The summed E-state index contributed by atoms with van der Waals surface area (Å²) in [5, 5.41) is 21.0. The first kappa shape index (κ1) is 40.3. The third kappa shape index (κ3) is 6.93. The predicted octanol–water partition coefficient (Wildman–Crippen LogP) is 3.99. The molecular formula is C38H46F2N2O13. The number of esters is 1. The molecule has 300 valence electrons. The van der Waals surface area contributed by atoms with Crippen LogP contribution in [0.15, 0.2) is 48.1 Å². The molecule has 0 spiro atoms. The van der Waals surface area contributed by atoms with Gasteiger partial charge < -0.3 is 39.4 Å². The van der Waals surface area contributed by atoms with Gasteiger partial charge in [0.05, 0.1) is 25.4 Å². The number of alkyl halides is 2. The number of hydrogen-bond acceptors (Lipinski definition) is 14. The van der Waals surface area contributed by atoms with Gasteiger partial charge in [-0.2, -0.15) is 0 Å². The van der Waals surface area contributed by atoms with Gasteiger partial charge in [-0.05, 0) is 101 Å². The second-order valence-electron chi connectivity index (χ2n) is 15.9. The average Bonchev–Trinajstić information content (AvgIpc) is 3.53. The van der Waals surface area contributed by atoms with Crippen LogP contribution in [0.3, 0.4) is 0 Å². The predicted molar refractivity (Wildman–Crippen MR) is 185 cm³/mol. The summed E-state index contributed by atoms with van der Waals surface area (Å²) >= 11 is 0. The summed E-state index contributed by atoms with van der Waals surface area (Å²) in [7, 11) is 0. The molecule has 0 amide bonds. The zero-order chi connectivity index (χ0) is 40.1. The van der Waals surface area contributed by atoms with Crippen LogP contribution in [0.4, 0.5) is 13.6 Å². The smallest absolute Gasteiger partial charge is 0.465 e. The van der Waals surface area contributed by atoms with E-state index in [1.54, 1.807) is 32.9 Å². The minimum absolute atomic E-state index is 0.0157. The summed E-state index contributed by atoms with van der Waals surface area (Å²) in [6.07, 6.45) is -1.54. The maximum atomic E-state index is 17.7. The summed E-state index contributed by atoms with van der Waals surface area (Å²) in [6.45, 7) is 5.53. The van der Waals surface area contributed by atoms with Crippen LogP contribution >= 0.6 is 0 Å². The van der Waals surface area contributed by atoms with E-state index in [0.717, 1.165) is 6.08 Å². The summed E-state index contributed by atoms with van der Waals surface area (Å²) in [4.78, 5) is 65.9. The number of ketones is 2. The lowest BCUT2D eigenvalue weighted by atomic mass is 9.44. The van der Waals surface area contributed by atoms with E-state index in [1.165, 1.54) is 31.2 Å². The number of rotatable bonds is 13. The molecule has 0 aromatic heterocycles. The maximum Gasteiger partial charge on any atom is 0.514 e. The van der Waals surface area contributed by atoms with Crippen molar-refractivity contribution in [2.24, 2.45) is 28.4 Å². The van der Waals surface area contributed by atoms with Gasteiger partial charge in [0, 0.05) is 16.7 Å². The first-order valence-corrected chi connectivity index (χ1v) is 18.3. The molecule has 5 aliphatic rings. The van der Waals surface area contributed by atoms with Gasteiger partial charge in [0.1, 0.15) is 18.0 Å². The van der Waals surface area contributed by atoms with Crippen molar-refractivity contribution in [3.63, 3.8) is 0 Å². The Kier molecular flexibility index (Phi) is 10.7. The normalized spacial score (nSPS) is 36.0. The van der Waals surface area contributed by atoms with E-state index in [1.807, 2.05) is 0 Å². The van der Waals surface area contributed by atoms with Crippen LogP contribution in [0.5, 0.6) is 5.75 Å². The molecular weight excluding hydrogens is 730 g/mol. The number of aliphatic hydroxyl groups excluding tert-OH is 1. The fourth-order valence-electron chi connectivity index (χ4n) is 9.81. The standard InChI is InChI=1S/C38H46F2N2O13/c1-34(2)54-31-18-24-25-17-27(39)26-16-22(43)11-12-35(26,3)37(25,40)29(44)19-36(24,4)38(31,55-34)30(45)20-51-33(47)53-23-9-7-21(8-10-23)15-28(41)32(46)50-13-5-6-14-52-42(48)49/h7-12,16,24-25,27-29,31,44H,5-6,13-15,17-20,41H2,1-4H3/t24?,25?,27-,28-,29-,31+,35-,36-,37-,38+/m0/s1. The molecule has 4 fully saturated rings. The van der Waals surface area contributed by atoms with E-state index < -0.39 is 99.5 Å². The molecule has 0 bridgehead atoms. The molecule has 1 aliphatic heterocycles. The van der Waals surface area contributed by atoms with E-state index in [2.05, 4.69) is 4.84 Å². The second kappa shape index (κ2) is 14.6. The van der Waals surface area contributed by atoms with Crippen LogP contribution in [-0.2, 0) is 44.6 Å². The van der Waals surface area contributed by atoms with Crippen molar-refractivity contribution < 1.29 is 66.7 Å². The first-order chi connectivity index (χ1) is 25.8. The molecule has 0 radical (unpaired) electrons. The summed E-state index contributed by atoms with van der Waals surface area (Å²) in [5.74, 6) is -4.79. The highest BCUT2D eigenvalue weighted by molar-refractivity contribution is 6.01. The summed E-state index contributed by atoms with van der Waals surface area (Å²) in [6, 6.07) is 5.01. The van der Waals surface area contributed by atoms with Crippen LogP contribution in [-0.4, -0.2) is 95.2 Å². The van der Waals surface area contributed by atoms with Gasteiger partial charge in [0.25, 0.3) is 5.09 Å². The van der Waals surface area contributed by atoms with Crippen LogP contribution in [0.1, 0.15) is 65.4 Å². The fourth-order valence-corrected chi connectivity index (χ4v) is 9.81. The van der Waals surface area contributed by atoms with Crippen molar-refractivity contribution in [2.75, 3.05) is 19.8 Å². The van der Waals surface area contributed by atoms with Crippen molar-refractivity contribution in [3.05, 3.63) is 63.7 Å². The van der Waals surface area contributed by atoms with Crippen molar-refractivity contribution in [1.82, 2.24) is 0 Å². The van der Waals surface area contributed by atoms with Gasteiger partial charge >= 0.3 is 12.1 Å². The van der Waals surface area contributed by atoms with E-state index in [-0.39, 0.29) is 50.2 Å². The number of nitrogens with zero attached hydrogens (tertiary/aromatic N) is 1. The Morgan fingerprint density at radius 1 is 1.07 bits per heavy atom. The Bertz CT molecular complexity index is 1790. The molecule has 6 rings (SSSR count). The topological polar surface area (TPSA) is 213 Å². The molecule has 17 heteroatoms. The van der Waals surface area contributed by atoms with E-state index in [4.69, 9.17) is 29.4 Å². The number of Topliss-reactive ketones (excluding diaryl/α,β-unsaturated/α-hetero) is 1. The number of ether oxygens (including phenoxy) is 5. The minimum atomic E-state index is -2.37. The average molecular weight is 777 g/mol. The lowest BCUT2D eigenvalue weighted by Gasteiger charge is -2.63. The molecule has 2 unspecified atom stereocenters. The number of halogens is 2. The van der Waals surface area contributed by atoms with E-state index in [0.29, 0.717) is 18.4 Å². The number of benzene rings is 1. The molecule has 1 aromatic carbocycles. The van der Waals surface area contributed by atoms with Gasteiger partial charge in [-0.15, -0.1) is 10.1 Å². The number of hydrogen-bond donors (Lipinski definition) is 2. The lowest BCUT2D eigenvalue weighted by Crippen LogP contribution is -2.71. The van der Waals surface area contributed by atoms with E-state index in [9.17, 15) is 34.4 Å². The molecule has 10 atom stereocenters. The van der Waals surface area contributed by atoms with Gasteiger partial charge in [-0.25, -0.2) is 13.6 Å². The Morgan fingerprint density at radius 3 is 2.45 bits per heavy atom. The molecule has 3 N–H and O–H groups in total. The number of allylic oxidation sites excluding steroid dienone is 4. The highest BCUT2D eigenvalue weighted by Gasteiger charge is 2.80. The van der Waals surface area contributed by atoms with Crippen LogP contribution in [0, 0.1) is 32.8 Å². The van der Waals surface area contributed by atoms with Crippen LogP contribution in [0.25, 0.3) is 0 Å². The van der Waals surface area contributed by atoms with E-state index >= 15 is 8.78 Å². The van der Waals surface area contributed by atoms with Crippen LogP contribution in [0.2, 0.25) is 0 Å². The Hall–Kier alpha value is -4.32. The molecule has 1 heterocycles. The Morgan fingerprint density at radius 2 is 1.76 bits per heavy atom. The van der Waals surface area contributed by atoms with Crippen molar-refractivity contribution in [1.29, 1.82) is 0 Å². The highest BCUT2D eigenvalue weighted by Crippen LogP contribution is 2.72. The first-order valence-electron chi connectivity index (χ1n) is 18.3. The van der Waals surface area contributed by atoms with Gasteiger partial charge in [-0.1, -0.05) is 25.1 Å². The maximum absolute atomic E-state index is 17.7. The molecule has 3 saturated carbocycles. The molecule has 4 aliphatic carbocycles. The SMILES string of the molecule is CC1(C)O[C@@H]2CC3C4C[C@H](F)C5=CC(=O)C=C[C@]5(C)[C@@]4(F)[C@@H](O)C[C@]3(C)[C@]2(C(=O)COC(=O)Oc2ccc(C[C@H](N)C(=O)OCCCCO[N+](=O)[O-])cc2)O1. The van der Waals surface area contributed by atoms with Crippen LogP contribution < -0.4 is 10.5 Å². The number of carbonyl (C=O) groups is 4. The van der Waals surface area contributed by atoms with Gasteiger partial charge in [0.2, 0.25) is 5.78 Å². The number of unbranched alkanes of at least 4 members (excludes halogenated alkanes) is 1. The number of fused-ring (bicyclic) bond motifs is 7. The molecule has 55 heavy (non-hydrogen) atoms.